The van der Waals surface area contributed by atoms with E-state index >= 15 is 0 Å². The van der Waals surface area contributed by atoms with Crippen LogP contribution in [0.4, 0.5) is 5.69 Å². The maximum absolute atomic E-state index is 6.23. The molecule has 0 bridgehead atoms. The van der Waals surface area contributed by atoms with Gasteiger partial charge in [0.1, 0.15) is 0 Å². The average molecular weight is 365 g/mol. The number of nitrogen functional groups attached to an aromatic ring is 1. The first-order chi connectivity index (χ1) is 10.1. The Labute approximate surface area is 134 Å². The van der Waals surface area contributed by atoms with Crippen LogP contribution in [-0.4, -0.2) is 20.2 Å². The maximum atomic E-state index is 6.23. The third kappa shape index (κ3) is 2.52. The van der Waals surface area contributed by atoms with Crippen LogP contribution in [0.15, 0.2) is 40.9 Å². The minimum Gasteiger partial charge on any atom is -0.398 e. The Balaban J connectivity index is 2.23. The quantitative estimate of drug-likeness (QED) is 0.705. The number of tetrazole rings is 1. The molecule has 106 valence electrons. The van der Waals surface area contributed by atoms with Crippen LogP contribution >= 0.6 is 27.5 Å². The molecule has 21 heavy (non-hydrogen) atoms. The number of halogens is 2. The lowest BCUT2D eigenvalue weighted by Gasteiger charge is -2.10. The summed E-state index contributed by atoms with van der Waals surface area (Å²) in [7, 11) is 0. The van der Waals surface area contributed by atoms with E-state index in [0.29, 0.717) is 16.5 Å². The Morgan fingerprint density at radius 3 is 2.76 bits per heavy atom. The van der Waals surface area contributed by atoms with E-state index in [-0.39, 0.29) is 0 Å². The summed E-state index contributed by atoms with van der Waals surface area (Å²) in [5.41, 5.74) is 9.18. The molecule has 0 amide bonds. The van der Waals surface area contributed by atoms with Crippen molar-refractivity contribution < 1.29 is 0 Å². The third-order valence-electron chi connectivity index (χ3n) is 3.20. The molecule has 3 aromatic rings. The summed E-state index contributed by atoms with van der Waals surface area (Å²) in [5.74, 6) is 0.591. The molecule has 0 saturated carbocycles. The molecule has 1 aromatic heterocycles. The molecule has 0 unspecified atom stereocenters. The second-order valence-corrected chi connectivity index (χ2v) is 5.86. The number of anilines is 1. The number of nitrogens with two attached hydrogens (primary N) is 1. The van der Waals surface area contributed by atoms with Gasteiger partial charge in [0, 0.05) is 15.7 Å². The Bertz CT molecular complexity index is 815. The van der Waals surface area contributed by atoms with Gasteiger partial charge in [-0.2, -0.15) is 4.68 Å². The second kappa shape index (κ2) is 5.46. The van der Waals surface area contributed by atoms with Crippen molar-refractivity contribution in [3.63, 3.8) is 0 Å². The zero-order valence-corrected chi connectivity index (χ0v) is 13.4. The number of nitrogens with zero attached hydrogens (tertiary/aromatic N) is 4. The van der Waals surface area contributed by atoms with Gasteiger partial charge < -0.3 is 5.73 Å². The van der Waals surface area contributed by atoms with Crippen molar-refractivity contribution in [2.45, 2.75) is 6.92 Å². The first-order valence-corrected chi connectivity index (χ1v) is 7.34. The first kappa shape index (κ1) is 14.0. The van der Waals surface area contributed by atoms with E-state index in [9.17, 15) is 0 Å². The summed E-state index contributed by atoms with van der Waals surface area (Å²) in [6, 6.07) is 11.2. The first-order valence-electron chi connectivity index (χ1n) is 6.17. The minimum absolute atomic E-state index is 0.576. The average Bonchev–Trinajstić information content (AvgIpc) is 2.92. The lowest BCUT2D eigenvalue weighted by molar-refractivity contribution is 0.791. The highest BCUT2D eigenvalue weighted by Crippen LogP contribution is 2.31. The minimum atomic E-state index is 0.576. The largest absolute Gasteiger partial charge is 0.398 e. The summed E-state index contributed by atoms with van der Waals surface area (Å²) in [6.07, 6.45) is 0. The van der Waals surface area contributed by atoms with E-state index in [1.54, 1.807) is 10.7 Å². The number of hydrogen-bond donors (Lipinski definition) is 1. The molecule has 0 aliphatic heterocycles. The Morgan fingerprint density at radius 2 is 2.00 bits per heavy atom. The number of hydrogen-bond acceptors (Lipinski definition) is 4. The molecular formula is C14H11BrClN5. The topological polar surface area (TPSA) is 69.6 Å². The van der Waals surface area contributed by atoms with Crippen LogP contribution in [0.5, 0.6) is 0 Å². The number of para-hydroxylation sites is 1. The van der Waals surface area contributed by atoms with Crippen molar-refractivity contribution in [2.24, 2.45) is 0 Å². The zero-order valence-electron chi connectivity index (χ0n) is 11.1. The highest BCUT2D eigenvalue weighted by molar-refractivity contribution is 9.10. The summed E-state index contributed by atoms with van der Waals surface area (Å²) in [5, 5.41) is 12.5. The van der Waals surface area contributed by atoms with Gasteiger partial charge in [-0.1, -0.05) is 39.7 Å². The molecule has 0 aliphatic rings. The van der Waals surface area contributed by atoms with Gasteiger partial charge in [-0.25, -0.2) is 0 Å². The van der Waals surface area contributed by atoms with Gasteiger partial charge in [0.05, 0.1) is 10.7 Å². The molecule has 1 heterocycles. The predicted octanol–water partition coefficient (Wildman–Crippen LogP) is 3.64. The SMILES string of the molecule is Cc1c(N)cc(Br)cc1-c1nnnn1-c1ccccc1Cl. The normalized spacial score (nSPS) is 10.8. The van der Waals surface area contributed by atoms with Crippen molar-refractivity contribution in [3.8, 4) is 17.1 Å². The van der Waals surface area contributed by atoms with Gasteiger partial charge in [-0.05, 0) is 47.2 Å². The van der Waals surface area contributed by atoms with Crippen molar-refractivity contribution in [1.29, 1.82) is 0 Å². The van der Waals surface area contributed by atoms with Crippen LogP contribution in [0.1, 0.15) is 5.56 Å². The summed E-state index contributed by atoms with van der Waals surface area (Å²) in [6.45, 7) is 1.93. The van der Waals surface area contributed by atoms with Gasteiger partial charge in [-0.3, -0.25) is 0 Å². The molecule has 2 aromatic carbocycles. The van der Waals surface area contributed by atoms with Crippen LogP contribution in [0.3, 0.4) is 0 Å². The van der Waals surface area contributed by atoms with E-state index in [1.165, 1.54) is 0 Å². The van der Waals surface area contributed by atoms with Crippen molar-refractivity contribution in [2.75, 3.05) is 5.73 Å². The van der Waals surface area contributed by atoms with Crippen LogP contribution in [0.2, 0.25) is 5.02 Å². The highest BCUT2D eigenvalue weighted by atomic mass is 79.9. The third-order valence-corrected chi connectivity index (χ3v) is 3.98. The Hall–Kier alpha value is -1.92. The monoisotopic (exact) mass is 363 g/mol. The molecule has 0 fully saturated rings. The fourth-order valence-corrected chi connectivity index (χ4v) is 2.76. The standard InChI is InChI=1S/C14H11BrClN5/c1-8-10(6-9(15)7-12(8)17)14-18-19-20-21(14)13-5-3-2-4-11(13)16/h2-7H,17H2,1H3. The molecular weight excluding hydrogens is 354 g/mol. The van der Waals surface area contributed by atoms with Gasteiger partial charge in [-0.15, -0.1) is 5.10 Å². The second-order valence-electron chi connectivity index (χ2n) is 4.53. The van der Waals surface area contributed by atoms with E-state index < -0.39 is 0 Å². The fourth-order valence-electron chi connectivity index (χ4n) is 2.07. The summed E-state index contributed by atoms with van der Waals surface area (Å²) < 4.78 is 2.48. The predicted molar refractivity (Wildman–Crippen MR) is 86.4 cm³/mol. The van der Waals surface area contributed by atoms with Gasteiger partial charge >= 0.3 is 0 Å². The summed E-state index contributed by atoms with van der Waals surface area (Å²) in [4.78, 5) is 0. The van der Waals surface area contributed by atoms with Gasteiger partial charge in [0.25, 0.3) is 0 Å². The van der Waals surface area contributed by atoms with Gasteiger partial charge in [0.2, 0.25) is 0 Å². The van der Waals surface area contributed by atoms with Gasteiger partial charge in [0.15, 0.2) is 5.82 Å². The molecule has 2 N–H and O–H groups in total. The van der Waals surface area contributed by atoms with E-state index in [0.717, 1.165) is 21.3 Å². The van der Waals surface area contributed by atoms with E-state index in [4.69, 9.17) is 17.3 Å². The molecule has 7 heteroatoms. The van der Waals surface area contributed by atoms with Crippen LogP contribution in [0, 0.1) is 6.92 Å². The lowest BCUT2D eigenvalue weighted by Crippen LogP contribution is -2.02. The van der Waals surface area contributed by atoms with E-state index in [1.807, 2.05) is 37.3 Å². The Morgan fingerprint density at radius 1 is 1.24 bits per heavy atom. The van der Waals surface area contributed by atoms with Crippen LogP contribution < -0.4 is 5.73 Å². The van der Waals surface area contributed by atoms with Crippen molar-refractivity contribution >= 4 is 33.2 Å². The molecule has 0 radical (unpaired) electrons. The molecule has 0 atom stereocenters. The van der Waals surface area contributed by atoms with Crippen LogP contribution in [-0.2, 0) is 0 Å². The molecule has 0 aliphatic carbocycles. The summed E-state index contributed by atoms with van der Waals surface area (Å²) >= 11 is 9.67. The molecule has 3 rings (SSSR count). The molecule has 5 nitrogen and oxygen atoms in total. The molecule has 0 saturated heterocycles. The molecule has 0 spiro atoms. The van der Waals surface area contributed by atoms with E-state index in [2.05, 4.69) is 31.5 Å². The highest BCUT2D eigenvalue weighted by Gasteiger charge is 2.16. The van der Waals surface area contributed by atoms with Crippen molar-refractivity contribution in [1.82, 2.24) is 20.2 Å². The smallest absolute Gasteiger partial charge is 0.187 e. The fraction of sp³-hybridized carbons (Fsp3) is 0.0714. The van der Waals surface area contributed by atoms with Crippen LogP contribution in [0.25, 0.3) is 17.1 Å². The van der Waals surface area contributed by atoms with Crippen molar-refractivity contribution in [3.05, 3.63) is 51.5 Å². The number of rotatable bonds is 2. The number of benzene rings is 2. The lowest BCUT2D eigenvalue weighted by atomic mass is 10.1. The maximum Gasteiger partial charge on any atom is 0.187 e. The Kier molecular flexibility index (Phi) is 3.65. The number of aromatic nitrogens is 4. The zero-order chi connectivity index (χ0) is 15.0.